The van der Waals surface area contributed by atoms with Gasteiger partial charge in [0, 0.05) is 12.6 Å². The van der Waals surface area contributed by atoms with Gasteiger partial charge in [-0.2, -0.15) is 0 Å². The highest BCUT2D eigenvalue weighted by atomic mass is 16.5. The van der Waals surface area contributed by atoms with Crippen LogP contribution in [0.25, 0.3) is 0 Å². The van der Waals surface area contributed by atoms with Gasteiger partial charge in [0.2, 0.25) is 5.75 Å². The van der Waals surface area contributed by atoms with Crippen molar-refractivity contribution in [2.24, 2.45) is 0 Å². The first-order valence-electron chi connectivity index (χ1n) is 5.79. The van der Waals surface area contributed by atoms with E-state index >= 15 is 0 Å². The van der Waals surface area contributed by atoms with Crippen LogP contribution in [0.2, 0.25) is 0 Å². The molecular weight excluding hydrogens is 218 g/mol. The van der Waals surface area contributed by atoms with Crippen LogP contribution in [0.4, 0.5) is 0 Å². The standard InChI is InChI=1S/C13H21NO3/c1-5-9(2)14-8-10-6-11(16-3)13(15)12(7-10)17-4/h6-7,9,14-15H,5,8H2,1-4H3/t9-/m0/s1. The maximum absolute atomic E-state index is 9.77. The zero-order valence-electron chi connectivity index (χ0n) is 10.9. The minimum absolute atomic E-state index is 0.0438. The lowest BCUT2D eigenvalue weighted by Crippen LogP contribution is -2.24. The molecule has 0 aliphatic heterocycles. The fourth-order valence-corrected chi connectivity index (χ4v) is 1.49. The molecule has 0 aromatic heterocycles. The summed E-state index contributed by atoms with van der Waals surface area (Å²) in [5.74, 6) is 0.915. The van der Waals surface area contributed by atoms with Crippen molar-refractivity contribution in [3.05, 3.63) is 17.7 Å². The van der Waals surface area contributed by atoms with E-state index in [1.54, 1.807) is 0 Å². The molecule has 0 saturated heterocycles. The first-order chi connectivity index (χ1) is 8.12. The van der Waals surface area contributed by atoms with Gasteiger partial charge in [-0.25, -0.2) is 0 Å². The Morgan fingerprint density at radius 2 is 1.76 bits per heavy atom. The van der Waals surface area contributed by atoms with E-state index in [-0.39, 0.29) is 5.75 Å². The molecular formula is C13H21NO3. The molecule has 0 aliphatic carbocycles. The molecule has 0 radical (unpaired) electrons. The number of benzene rings is 1. The largest absolute Gasteiger partial charge is 0.502 e. The van der Waals surface area contributed by atoms with Crippen LogP contribution < -0.4 is 14.8 Å². The van der Waals surface area contributed by atoms with Gasteiger partial charge in [-0.1, -0.05) is 6.92 Å². The molecule has 0 unspecified atom stereocenters. The number of nitrogens with one attached hydrogen (secondary N) is 1. The Labute approximate surface area is 103 Å². The molecule has 4 heteroatoms. The molecule has 2 N–H and O–H groups in total. The van der Waals surface area contributed by atoms with Crippen LogP contribution in [0.1, 0.15) is 25.8 Å². The number of phenolic OH excluding ortho intramolecular Hbond substituents is 1. The van der Waals surface area contributed by atoms with Gasteiger partial charge in [-0.15, -0.1) is 0 Å². The summed E-state index contributed by atoms with van der Waals surface area (Å²) in [7, 11) is 3.06. The zero-order chi connectivity index (χ0) is 12.8. The van der Waals surface area contributed by atoms with Crippen LogP contribution in [-0.2, 0) is 6.54 Å². The highest BCUT2D eigenvalue weighted by molar-refractivity contribution is 5.52. The lowest BCUT2D eigenvalue weighted by Gasteiger charge is -2.14. The molecule has 0 fully saturated rings. The van der Waals surface area contributed by atoms with Crippen molar-refractivity contribution in [1.29, 1.82) is 0 Å². The molecule has 0 amide bonds. The minimum Gasteiger partial charge on any atom is -0.502 e. The van der Waals surface area contributed by atoms with Crippen molar-refractivity contribution in [3.8, 4) is 17.2 Å². The molecule has 4 nitrogen and oxygen atoms in total. The molecule has 0 spiro atoms. The molecule has 1 rings (SSSR count). The average Bonchev–Trinajstić information content (AvgIpc) is 2.36. The van der Waals surface area contributed by atoms with E-state index in [1.165, 1.54) is 14.2 Å². The highest BCUT2D eigenvalue weighted by Crippen LogP contribution is 2.36. The van der Waals surface area contributed by atoms with Gasteiger partial charge in [0.1, 0.15) is 0 Å². The molecule has 1 aromatic carbocycles. The fraction of sp³-hybridized carbons (Fsp3) is 0.538. The van der Waals surface area contributed by atoms with Crippen molar-refractivity contribution >= 4 is 0 Å². The van der Waals surface area contributed by atoms with Crippen LogP contribution in [0.5, 0.6) is 17.2 Å². The first-order valence-corrected chi connectivity index (χ1v) is 5.79. The third-order valence-electron chi connectivity index (χ3n) is 2.81. The van der Waals surface area contributed by atoms with Crippen LogP contribution in [0, 0.1) is 0 Å². The quantitative estimate of drug-likeness (QED) is 0.799. The monoisotopic (exact) mass is 239 g/mol. The van der Waals surface area contributed by atoms with Gasteiger partial charge in [0.05, 0.1) is 14.2 Å². The predicted octanol–water partition coefficient (Wildman–Crippen LogP) is 2.30. The molecule has 0 bridgehead atoms. The Kier molecular flexibility index (Phi) is 5.10. The van der Waals surface area contributed by atoms with Gasteiger partial charge in [0.25, 0.3) is 0 Å². The molecule has 1 aromatic rings. The van der Waals surface area contributed by atoms with Gasteiger partial charge in [0.15, 0.2) is 11.5 Å². The number of hydrogen-bond donors (Lipinski definition) is 2. The summed E-state index contributed by atoms with van der Waals surface area (Å²) in [6, 6.07) is 4.08. The van der Waals surface area contributed by atoms with Crippen molar-refractivity contribution in [3.63, 3.8) is 0 Å². The second kappa shape index (κ2) is 6.35. The summed E-state index contributed by atoms with van der Waals surface area (Å²) >= 11 is 0. The van der Waals surface area contributed by atoms with Crippen LogP contribution in [0.3, 0.4) is 0 Å². The third kappa shape index (κ3) is 3.53. The molecule has 96 valence electrons. The van der Waals surface area contributed by atoms with E-state index in [2.05, 4.69) is 19.2 Å². The van der Waals surface area contributed by atoms with Gasteiger partial charge >= 0.3 is 0 Å². The van der Waals surface area contributed by atoms with Crippen LogP contribution in [0.15, 0.2) is 12.1 Å². The van der Waals surface area contributed by atoms with Gasteiger partial charge in [-0.05, 0) is 31.0 Å². The predicted molar refractivity (Wildman–Crippen MR) is 67.8 cm³/mol. The minimum atomic E-state index is 0.0438. The van der Waals surface area contributed by atoms with Crippen molar-refractivity contribution in [2.45, 2.75) is 32.9 Å². The van der Waals surface area contributed by atoms with Crippen LogP contribution in [-0.4, -0.2) is 25.4 Å². The van der Waals surface area contributed by atoms with Gasteiger partial charge < -0.3 is 19.9 Å². The van der Waals surface area contributed by atoms with Crippen molar-refractivity contribution in [1.82, 2.24) is 5.32 Å². The lowest BCUT2D eigenvalue weighted by atomic mass is 10.1. The molecule has 0 aliphatic rings. The number of hydrogen-bond acceptors (Lipinski definition) is 4. The zero-order valence-corrected chi connectivity index (χ0v) is 10.9. The Hall–Kier alpha value is -1.42. The van der Waals surface area contributed by atoms with Gasteiger partial charge in [-0.3, -0.25) is 0 Å². The Morgan fingerprint density at radius 3 is 2.18 bits per heavy atom. The Balaban J connectivity index is 2.85. The SMILES string of the molecule is CC[C@H](C)NCc1cc(OC)c(O)c(OC)c1. The van der Waals surface area contributed by atoms with Crippen LogP contribution >= 0.6 is 0 Å². The normalized spacial score (nSPS) is 12.2. The summed E-state index contributed by atoms with van der Waals surface area (Å²) in [5, 5.41) is 13.1. The summed E-state index contributed by atoms with van der Waals surface area (Å²) in [4.78, 5) is 0. The second-order valence-corrected chi connectivity index (χ2v) is 4.04. The Morgan fingerprint density at radius 1 is 1.24 bits per heavy atom. The molecule has 1 atom stereocenters. The smallest absolute Gasteiger partial charge is 0.200 e. The van der Waals surface area contributed by atoms with Crippen molar-refractivity contribution < 1.29 is 14.6 Å². The lowest BCUT2D eigenvalue weighted by molar-refractivity contribution is 0.338. The van der Waals surface area contributed by atoms with E-state index in [0.717, 1.165) is 18.5 Å². The Bertz CT molecular complexity index is 341. The van der Waals surface area contributed by atoms with E-state index in [9.17, 15) is 5.11 Å². The maximum atomic E-state index is 9.77. The fourth-order valence-electron chi connectivity index (χ4n) is 1.49. The number of aromatic hydroxyl groups is 1. The molecule has 17 heavy (non-hydrogen) atoms. The second-order valence-electron chi connectivity index (χ2n) is 4.04. The summed E-state index contributed by atoms with van der Waals surface area (Å²) < 4.78 is 10.2. The van der Waals surface area contributed by atoms with E-state index in [0.29, 0.717) is 17.5 Å². The highest BCUT2D eigenvalue weighted by Gasteiger charge is 2.11. The van der Waals surface area contributed by atoms with E-state index in [1.807, 2.05) is 12.1 Å². The van der Waals surface area contributed by atoms with E-state index < -0.39 is 0 Å². The number of methoxy groups -OCH3 is 2. The molecule has 0 heterocycles. The maximum Gasteiger partial charge on any atom is 0.200 e. The van der Waals surface area contributed by atoms with E-state index in [4.69, 9.17) is 9.47 Å². The number of rotatable bonds is 6. The summed E-state index contributed by atoms with van der Waals surface area (Å²) in [6.07, 6.45) is 1.08. The number of phenols is 1. The topological polar surface area (TPSA) is 50.7 Å². The number of ether oxygens (including phenoxy) is 2. The third-order valence-corrected chi connectivity index (χ3v) is 2.81. The summed E-state index contributed by atoms with van der Waals surface area (Å²) in [5.41, 5.74) is 1.02. The summed E-state index contributed by atoms with van der Waals surface area (Å²) in [6.45, 7) is 4.99. The first kappa shape index (κ1) is 13.6. The molecule has 0 saturated carbocycles. The average molecular weight is 239 g/mol. The van der Waals surface area contributed by atoms with Crippen molar-refractivity contribution in [2.75, 3.05) is 14.2 Å².